The van der Waals surface area contributed by atoms with Gasteiger partial charge in [-0.25, -0.2) is 4.39 Å². The van der Waals surface area contributed by atoms with Crippen molar-refractivity contribution in [3.05, 3.63) is 59.9 Å². The fourth-order valence-electron chi connectivity index (χ4n) is 1.69. The number of nitrogens with two attached hydrogens (primary N) is 1. The maximum absolute atomic E-state index is 12.7. The molecule has 3 nitrogen and oxygen atoms in total. The highest BCUT2D eigenvalue weighted by molar-refractivity contribution is 5.30. The smallest absolute Gasteiger partial charge is 0.123 e. The molecule has 0 saturated heterocycles. The number of halogens is 1. The topological polar surface area (TPSA) is 44.5 Å². The zero-order valence-corrected chi connectivity index (χ0v) is 10.7. The number of benzene rings is 2. The van der Waals surface area contributed by atoms with Gasteiger partial charge in [-0.3, -0.25) is 0 Å². The van der Waals surface area contributed by atoms with E-state index in [4.69, 9.17) is 15.2 Å². The molecular formula is C15H16FNO2. The van der Waals surface area contributed by atoms with Gasteiger partial charge in [0.2, 0.25) is 0 Å². The van der Waals surface area contributed by atoms with Crippen molar-refractivity contribution in [2.45, 2.75) is 6.04 Å². The summed E-state index contributed by atoms with van der Waals surface area (Å²) in [4.78, 5) is 0. The zero-order valence-electron chi connectivity index (χ0n) is 10.7. The normalized spacial score (nSPS) is 11.9. The van der Waals surface area contributed by atoms with Crippen molar-refractivity contribution in [1.29, 1.82) is 0 Å². The molecule has 100 valence electrons. The van der Waals surface area contributed by atoms with Crippen LogP contribution in [-0.4, -0.2) is 13.7 Å². The van der Waals surface area contributed by atoms with Gasteiger partial charge < -0.3 is 15.2 Å². The Morgan fingerprint density at radius 2 is 1.84 bits per heavy atom. The van der Waals surface area contributed by atoms with Gasteiger partial charge in [-0.15, -0.1) is 0 Å². The van der Waals surface area contributed by atoms with Crippen LogP contribution < -0.4 is 15.2 Å². The van der Waals surface area contributed by atoms with Crippen LogP contribution in [0.2, 0.25) is 0 Å². The van der Waals surface area contributed by atoms with Crippen LogP contribution in [0.4, 0.5) is 4.39 Å². The van der Waals surface area contributed by atoms with Gasteiger partial charge in [0.05, 0.1) is 13.2 Å². The summed E-state index contributed by atoms with van der Waals surface area (Å²) < 4.78 is 23.4. The summed E-state index contributed by atoms with van der Waals surface area (Å²) in [5.74, 6) is 1.07. The first-order chi connectivity index (χ1) is 9.19. The zero-order chi connectivity index (χ0) is 13.7. The van der Waals surface area contributed by atoms with E-state index in [9.17, 15) is 4.39 Å². The molecule has 2 N–H and O–H groups in total. The minimum atomic E-state index is -0.288. The minimum absolute atomic E-state index is 0.264. The molecule has 1 atom stereocenters. The average Bonchev–Trinajstić information content (AvgIpc) is 2.46. The molecule has 2 rings (SSSR count). The van der Waals surface area contributed by atoms with Crippen molar-refractivity contribution < 1.29 is 13.9 Å². The van der Waals surface area contributed by atoms with E-state index in [0.717, 1.165) is 11.3 Å². The SMILES string of the molecule is COc1cccc(C(N)COc2ccc(F)cc2)c1. The van der Waals surface area contributed by atoms with Crippen molar-refractivity contribution >= 4 is 0 Å². The third-order valence-electron chi connectivity index (χ3n) is 2.77. The lowest BCUT2D eigenvalue weighted by Gasteiger charge is -2.14. The molecule has 0 aliphatic heterocycles. The number of ether oxygens (including phenoxy) is 2. The third kappa shape index (κ3) is 3.69. The second-order valence-electron chi connectivity index (χ2n) is 4.15. The Balaban J connectivity index is 1.96. The van der Waals surface area contributed by atoms with Crippen molar-refractivity contribution in [3.63, 3.8) is 0 Å². The fourth-order valence-corrected chi connectivity index (χ4v) is 1.69. The van der Waals surface area contributed by atoms with Crippen LogP contribution in [0, 0.1) is 5.82 Å². The predicted octanol–water partition coefficient (Wildman–Crippen LogP) is 2.91. The summed E-state index contributed by atoms with van der Waals surface area (Å²) in [6.07, 6.45) is 0. The van der Waals surface area contributed by atoms with Crippen molar-refractivity contribution in [3.8, 4) is 11.5 Å². The highest BCUT2D eigenvalue weighted by Gasteiger charge is 2.08. The first kappa shape index (κ1) is 13.4. The van der Waals surface area contributed by atoms with E-state index in [2.05, 4.69) is 0 Å². The Labute approximate surface area is 111 Å². The molecule has 0 heterocycles. The first-order valence-corrected chi connectivity index (χ1v) is 5.97. The van der Waals surface area contributed by atoms with E-state index >= 15 is 0 Å². The summed E-state index contributed by atoms with van der Waals surface area (Å²) in [7, 11) is 1.61. The Hall–Kier alpha value is -2.07. The van der Waals surface area contributed by atoms with Gasteiger partial charge in [-0.05, 0) is 42.0 Å². The fraction of sp³-hybridized carbons (Fsp3) is 0.200. The standard InChI is InChI=1S/C15H16FNO2/c1-18-14-4-2-3-11(9-14)15(17)10-19-13-7-5-12(16)6-8-13/h2-9,15H,10,17H2,1H3. The molecule has 0 radical (unpaired) electrons. The molecule has 2 aromatic carbocycles. The maximum Gasteiger partial charge on any atom is 0.123 e. The van der Waals surface area contributed by atoms with Gasteiger partial charge in [0.1, 0.15) is 23.9 Å². The van der Waals surface area contributed by atoms with Gasteiger partial charge >= 0.3 is 0 Å². The number of hydrogen-bond donors (Lipinski definition) is 1. The first-order valence-electron chi connectivity index (χ1n) is 5.97. The summed E-state index contributed by atoms with van der Waals surface area (Å²) >= 11 is 0. The molecule has 0 fully saturated rings. The van der Waals surface area contributed by atoms with Crippen LogP contribution >= 0.6 is 0 Å². The highest BCUT2D eigenvalue weighted by atomic mass is 19.1. The lowest BCUT2D eigenvalue weighted by atomic mass is 10.1. The second-order valence-corrected chi connectivity index (χ2v) is 4.15. The van der Waals surface area contributed by atoms with Gasteiger partial charge in [0, 0.05) is 0 Å². The number of methoxy groups -OCH3 is 1. The van der Waals surface area contributed by atoms with Crippen LogP contribution in [0.3, 0.4) is 0 Å². The van der Waals surface area contributed by atoms with E-state index in [1.807, 2.05) is 24.3 Å². The molecular weight excluding hydrogens is 245 g/mol. The molecule has 0 aliphatic carbocycles. The summed E-state index contributed by atoms with van der Waals surface area (Å²) in [5, 5.41) is 0. The second kappa shape index (κ2) is 6.20. The molecule has 19 heavy (non-hydrogen) atoms. The van der Waals surface area contributed by atoms with Gasteiger partial charge in [-0.2, -0.15) is 0 Å². The molecule has 1 unspecified atom stereocenters. The van der Waals surface area contributed by atoms with Crippen LogP contribution in [0.25, 0.3) is 0 Å². The Kier molecular flexibility index (Phi) is 4.36. The van der Waals surface area contributed by atoms with E-state index in [-0.39, 0.29) is 11.9 Å². The van der Waals surface area contributed by atoms with Crippen molar-refractivity contribution in [2.75, 3.05) is 13.7 Å². The molecule has 0 spiro atoms. The number of rotatable bonds is 5. The molecule has 0 amide bonds. The molecule has 0 bridgehead atoms. The van der Waals surface area contributed by atoms with Gasteiger partial charge in [0.15, 0.2) is 0 Å². The number of hydrogen-bond acceptors (Lipinski definition) is 3. The maximum atomic E-state index is 12.7. The van der Waals surface area contributed by atoms with E-state index in [1.165, 1.54) is 12.1 Å². The molecule has 2 aromatic rings. The van der Waals surface area contributed by atoms with Crippen LogP contribution in [0.1, 0.15) is 11.6 Å². The minimum Gasteiger partial charge on any atom is -0.497 e. The van der Waals surface area contributed by atoms with E-state index < -0.39 is 0 Å². The average molecular weight is 261 g/mol. The van der Waals surface area contributed by atoms with Gasteiger partial charge in [-0.1, -0.05) is 12.1 Å². The lowest BCUT2D eigenvalue weighted by Crippen LogP contribution is -2.19. The third-order valence-corrected chi connectivity index (χ3v) is 2.77. The highest BCUT2D eigenvalue weighted by Crippen LogP contribution is 2.19. The lowest BCUT2D eigenvalue weighted by molar-refractivity contribution is 0.290. The Morgan fingerprint density at radius 3 is 2.53 bits per heavy atom. The summed E-state index contributed by atoms with van der Waals surface area (Å²) in [5.41, 5.74) is 6.97. The van der Waals surface area contributed by atoms with Crippen molar-refractivity contribution in [1.82, 2.24) is 0 Å². The predicted molar refractivity (Wildman–Crippen MR) is 71.8 cm³/mol. The molecule has 0 aliphatic rings. The molecule has 0 saturated carbocycles. The van der Waals surface area contributed by atoms with Gasteiger partial charge in [0.25, 0.3) is 0 Å². The molecule has 4 heteroatoms. The van der Waals surface area contributed by atoms with Crippen LogP contribution in [0.15, 0.2) is 48.5 Å². The van der Waals surface area contributed by atoms with E-state index in [1.54, 1.807) is 19.2 Å². The quantitative estimate of drug-likeness (QED) is 0.900. The van der Waals surface area contributed by atoms with Crippen LogP contribution in [0.5, 0.6) is 11.5 Å². The largest absolute Gasteiger partial charge is 0.497 e. The summed E-state index contributed by atoms with van der Waals surface area (Å²) in [6, 6.07) is 13.1. The van der Waals surface area contributed by atoms with E-state index in [0.29, 0.717) is 12.4 Å². The summed E-state index contributed by atoms with van der Waals surface area (Å²) in [6.45, 7) is 0.318. The van der Waals surface area contributed by atoms with Crippen molar-refractivity contribution in [2.24, 2.45) is 5.73 Å². The Bertz CT molecular complexity index is 528. The monoisotopic (exact) mass is 261 g/mol. The molecule has 0 aromatic heterocycles. The Morgan fingerprint density at radius 1 is 1.11 bits per heavy atom. The van der Waals surface area contributed by atoms with Crippen LogP contribution in [-0.2, 0) is 0 Å².